The predicted molar refractivity (Wildman–Crippen MR) is 119 cm³/mol. The number of halogens is 3. The van der Waals surface area contributed by atoms with E-state index < -0.39 is 11.7 Å². The predicted octanol–water partition coefficient (Wildman–Crippen LogP) is 5.15. The Bertz CT molecular complexity index is 1330. The first-order chi connectivity index (χ1) is 16.2. The van der Waals surface area contributed by atoms with E-state index in [1.807, 2.05) is 41.4 Å². The molecule has 0 spiro atoms. The molecule has 0 saturated carbocycles. The van der Waals surface area contributed by atoms with E-state index in [0.717, 1.165) is 41.3 Å². The smallest absolute Gasteiger partial charge is 0.416 e. The minimum absolute atomic E-state index is 0.0122. The molecule has 0 aliphatic carbocycles. The van der Waals surface area contributed by atoms with Gasteiger partial charge in [0, 0.05) is 18.7 Å². The molecule has 4 aromatic rings. The highest BCUT2D eigenvalue weighted by Crippen LogP contribution is 2.40. The van der Waals surface area contributed by atoms with E-state index >= 15 is 0 Å². The van der Waals surface area contributed by atoms with Gasteiger partial charge >= 0.3 is 6.18 Å². The lowest BCUT2D eigenvalue weighted by Crippen LogP contribution is -2.22. The van der Waals surface area contributed by atoms with Crippen LogP contribution in [0.15, 0.2) is 48.9 Å². The Labute approximate surface area is 194 Å². The average Bonchev–Trinajstić information content (AvgIpc) is 3.45. The Balaban J connectivity index is 1.43. The number of nitrogens with zero attached hydrogens (tertiary/aromatic N) is 6. The third kappa shape index (κ3) is 3.93. The second-order valence-electron chi connectivity index (χ2n) is 8.47. The first kappa shape index (κ1) is 22.1. The molecule has 0 radical (unpaired) electrons. The molecule has 10 heteroatoms. The molecule has 0 fully saturated rings. The molecular formula is C24H23F3N6O. The molecule has 0 unspecified atom stereocenters. The molecule has 3 aromatic heterocycles. The fraction of sp³-hybridized carbons (Fsp3) is 0.333. The van der Waals surface area contributed by atoms with Crippen molar-refractivity contribution in [3.8, 4) is 23.1 Å². The number of aromatic nitrogens is 6. The lowest BCUT2D eigenvalue weighted by Gasteiger charge is -2.29. The van der Waals surface area contributed by atoms with Gasteiger partial charge < -0.3 is 9.30 Å². The maximum Gasteiger partial charge on any atom is 0.416 e. The lowest BCUT2D eigenvalue weighted by atomic mass is 9.82. The minimum atomic E-state index is -4.34. The number of hydrogen-bond donors (Lipinski definition) is 0. The molecule has 0 saturated heterocycles. The summed E-state index contributed by atoms with van der Waals surface area (Å²) in [5, 5.41) is 4.65. The summed E-state index contributed by atoms with van der Waals surface area (Å²) in [7, 11) is 1.56. The van der Waals surface area contributed by atoms with E-state index in [2.05, 4.69) is 15.1 Å². The highest BCUT2D eigenvalue weighted by Gasteiger charge is 2.33. The largest absolute Gasteiger partial charge is 0.479 e. The SMILES string of the molecule is COc1nc(-c2nc3n(n2)CC[C@@H](c2ccc(C(F)(F)F)cc2)[C@@H]3C)ccc1-n1cnc(C)c1. The molecule has 0 N–H and O–H groups in total. The molecule has 1 aliphatic rings. The number of benzene rings is 1. The number of imidazole rings is 1. The van der Waals surface area contributed by atoms with E-state index in [4.69, 9.17) is 9.72 Å². The zero-order chi connectivity index (χ0) is 24.0. The van der Waals surface area contributed by atoms with Crippen LogP contribution in [0.1, 0.15) is 47.8 Å². The van der Waals surface area contributed by atoms with E-state index in [1.165, 1.54) is 0 Å². The zero-order valence-corrected chi connectivity index (χ0v) is 18.9. The van der Waals surface area contributed by atoms with E-state index in [0.29, 0.717) is 23.9 Å². The normalized spacial score (nSPS) is 18.1. The zero-order valence-electron chi connectivity index (χ0n) is 18.9. The Morgan fingerprint density at radius 3 is 2.47 bits per heavy atom. The molecule has 1 aromatic carbocycles. The third-order valence-electron chi connectivity index (χ3n) is 6.28. The summed E-state index contributed by atoms with van der Waals surface area (Å²) in [6.07, 6.45) is 0.00507. The van der Waals surface area contributed by atoms with Crippen LogP contribution in [0.2, 0.25) is 0 Å². The summed E-state index contributed by atoms with van der Waals surface area (Å²) in [6.45, 7) is 4.57. The van der Waals surface area contributed by atoms with Crippen molar-refractivity contribution in [2.24, 2.45) is 0 Å². The molecule has 4 heterocycles. The van der Waals surface area contributed by atoms with Crippen LogP contribution in [-0.4, -0.2) is 36.4 Å². The third-order valence-corrected chi connectivity index (χ3v) is 6.28. The molecule has 7 nitrogen and oxygen atoms in total. The van der Waals surface area contributed by atoms with Crippen molar-refractivity contribution in [2.75, 3.05) is 7.11 Å². The molecular weight excluding hydrogens is 445 g/mol. The van der Waals surface area contributed by atoms with Gasteiger partial charge in [0.25, 0.3) is 0 Å². The molecule has 0 bridgehead atoms. The van der Waals surface area contributed by atoms with Gasteiger partial charge in [0.1, 0.15) is 17.2 Å². The van der Waals surface area contributed by atoms with Crippen LogP contribution < -0.4 is 4.74 Å². The van der Waals surface area contributed by atoms with Crippen molar-refractivity contribution in [1.82, 2.24) is 29.3 Å². The summed E-state index contributed by atoms with van der Waals surface area (Å²) in [5.74, 6) is 1.75. The van der Waals surface area contributed by atoms with Gasteiger partial charge in [-0.25, -0.2) is 19.6 Å². The second-order valence-corrected chi connectivity index (χ2v) is 8.47. The van der Waals surface area contributed by atoms with Crippen LogP contribution in [0, 0.1) is 6.92 Å². The summed E-state index contributed by atoms with van der Waals surface area (Å²) in [4.78, 5) is 13.6. The number of pyridine rings is 1. The number of hydrogen-bond acceptors (Lipinski definition) is 5. The average molecular weight is 468 g/mol. The monoisotopic (exact) mass is 468 g/mol. The van der Waals surface area contributed by atoms with Gasteiger partial charge in [-0.15, -0.1) is 5.10 Å². The Morgan fingerprint density at radius 2 is 1.82 bits per heavy atom. The van der Waals surface area contributed by atoms with Crippen LogP contribution in [0.3, 0.4) is 0 Å². The maximum absolute atomic E-state index is 12.9. The van der Waals surface area contributed by atoms with Crippen molar-refractivity contribution in [1.29, 1.82) is 0 Å². The highest BCUT2D eigenvalue weighted by atomic mass is 19.4. The Hall–Kier alpha value is -3.69. The Morgan fingerprint density at radius 1 is 1.06 bits per heavy atom. The van der Waals surface area contributed by atoms with E-state index in [1.54, 1.807) is 25.6 Å². The molecule has 176 valence electrons. The van der Waals surface area contributed by atoms with Crippen LogP contribution in [0.4, 0.5) is 13.2 Å². The quantitative estimate of drug-likeness (QED) is 0.414. The lowest BCUT2D eigenvalue weighted by molar-refractivity contribution is -0.137. The summed E-state index contributed by atoms with van der Waals surface area (Å²) in [5.41, 5.74) is 2.45. The number of aryl methyl sites for hydroxylation is 2. The fourth-order valence-corrected chi connectivity index (χ4v) is 4.49. The van der Waals surface area contributed by atoms with Crippen LogP contribution in [-0.2, 0) is 12.7 Å². The molecule has 1 aliphatic heterocycles. The molecule has 5 rings (SSSR count). The standard InChI is InChI=1S/C24H23F3N6O/c1-14-12-32(13-28-14)20-9-8-19(29-23(20)34-3)21-30-22-15(2)18(10-11-33(22)31-21)16-4-6-17(7-5-16)24(25,26)27/h4-9,12-13,15,18H,10-11H2,1-3H3/t15-,18+/m0/s1. The summed E-state index contributed by atoms with van der Waals surface area (Å²) in [6, 6.07) is 9.15. The van der Waals surface area contributed by atoms with Crippen LogP contribution in [0.25, 0.3) is 17.2 Å². The summed E-state index contributed by atoms with van der Waals surface area (Å²) >= 11 is 0. The number of rotatable bonds is 4. The number of ether oxygens (including phenoxy) is 1. The van der Waals surface area contributed by atoms with E-state index in [-0.39, 0.29) is 11.8 Å². The van der Waals surface area contributed by atoms with Gasteiger partial charge in [-0.1, -0.05) is 19.1 Å². The van der Waals surface area contributed by atoms with Crippen molar-refractivity contribution in [3.05, 3.63) is 71.6 Å². The Kier molecular flexibility index (Phi) is 5.38. The van der Waals surface area contributed by atoms with Crippen LogP contribution in [0.5, 0.6) is 5.88 Å². The van der Waals surface area contributed by atoms with Gasteiger partial charge in [-0.2, -0.15) is 13.2 Å². The molecule has 34 heavy (non-hydrogen) atoms. The van der Waals surface area contributed by atoms with Crippen molar-refractivity contribution in [2.45, 2.75) is 44.8 Å². The number of fused-ring (bicyclic) bond motifs is 1. The van der Waals surface area contributed by atoms with Gasteiger partial charge in [0.15, 0.2) is 5.82 Å². The van der Waals surface area contributed by atoms with Crippen molar-refractivity contribution < 1.29 is 17.9 Å². The van der Waals surface area contributed by atoms with Gasteiger partial charge in [0.2, 0.25) is 5.88 Å². The van der Waals surface area contributed by atoms with Crippen molar-refractivity contribution in [3.63, 3.8) is 0 Å². The van der Waals surface area contributed by atoms with E-state index in [9.17, 15) is 13.2 Å². The number of methoxy groups -OCH3 is 1. The van der Waals surface area contributed by atoms with Crippen molar-refractivity contribution >= 4 is 0 Å². The first-order valence-electron chi connectivity index (χ1n) is 10.9. The first-order valence-corrected chi connectivity index (χ1v) is 10.9. The van der Waals surface area contributed by atoms with Gasteiger partial charge in [0.05, 0.1) is 24.7 Å². The van der Waals surface area contributed by atoms with Gasteiger partial charge in [-0.3, -0.25) is 0 Å². The highest BCUT2D eigenvalue weighted by molar-refractivity contribution is 5.55. The minimum Gasteiger partial charge on any atom is -0.479 e. The fourth-order valence-electron chi connectivity index (χ4n) is 4.49. The molecule has 0 amide bonds. The summed E-state index contributed by atoms with van der Waals surface area (Å²) < 4.78 is 48.0. The van der Waals surface area contributed by atoms with Crippen LogP contribution >= 0.6 is 0 Å². The number of alkyl halides is 3. The van der Waals surface area contributed by atoms with Gasteiger partial charge in [-0.05, 0) is 49.1 Å². The maximum atomic E-state index is 12.9. The molecule has 2 atom stereocenters. The second kappa shape index (κ2) is 8.27. The topological polar surface area (TPSA) is 70.7 Å².